The number of carbonyl (C=O) groups excluding carboxylic acids is 4. The Bertz CT molecular complexity index is 2800. The third kappa shape index (κ3) is 9.79. The number of Topliss-reactive ketones (excluding diaryl/α,β-unsaturated/α-hetero) is 2. The maximum atomic E-state index is 13.2. The number of hydrogen-bond donors (Lipinski definition) is 2. The van der Waals surface area contributed by atoms with E-state index in [1.807, 2.05) is 28.8 Å². The lowest BCUT2D eigenvalue weighted by atomic mass is 10.1. The van der Waals surface area contributed by atoms with Gasteiger partial charge in [0.25, 0.3) is 23.4 Å². The van der Waals surface area contributed by atoms with Crippen LogP contribution in [0.15, 0.2) is 135 Å². The highest BCUT2D eigenvalue weighted by Gasteiger charge is 2.25. The van der Waals surface area contributed by atoms with Gasteiger partial charge in [0.15, 0.2) is 0 Å². The first-order valence-corrected chi connectivity index (χ1v) is 18.5. The van der Waals surface area contributed by atoms with Crippen LogP contribution in [0.5, 0.6) is 0 Å². The van der Waals surface area contributed by atoms with Crippen LogP contribution in [0, 0.1) is 5.82 Å². The summed E-state index contributed by atoms with van der Waals surface area (Å²) in [4.78, 5) is 67.1. The van der Waals surface area contributed by atoms with Crippen LogP contribution in [0.2, 0.25) is 15.1 Å². The number of halogens is 5. The molecule has 0 bridgehead atoms. The van der Waals surface area contributed by atoms with Crippen LogP contribution in [0.25, 0.3) is 22.1 Å². The molecule has 0 aliphatic rings. The number of anilines is 2. The van der Waals surface area contributed by atoms with Gasteiger partial charge < -0.3 is 19.8 Å². The Hall–Kier alpha value is -6.51. The van der Waals surface area contributed by atoms with Gasteiger partial charge in [0, 0.05) is 84.1 Å². The second-order valence-corrected chi connectivity index (χ2v) is 13.9. The minimum absolute atomic E-state index is 0. The second-order valence-electron chi connectivity index (χ2n) is 12.6. The van der Waals surface area contributed by atoms with Gasteiger partial charge in [0.1, 0.15) is 17.1 Å². The van der Waals surface area contributed by atoms with Gasteiger partial charge in [-0.05, 0) is 71.8 Å². The normalized spacial score (nSPS) is 10.6. The average Bonchev–Trinajstić information content (AvgIpc) is 3.79. The lowest BCUT2D eigenvalue weighted by molar-refractivity contribution is -0.113. The van der Waals surface area contributed by atoms with E-state index in [1.165, 1.54) is 24.5 Å². The fraction of sp³-hybridized carbons (Fsp3) is 0.0476. The zero-order chi connectivity index (χ0) is 40.8. The van der Waals surface area contributed by atoms with E-state index in [1.54, 1.807) is 90.3 Å². The number of rotatable bonds is 10. The van der Waals surface area contributed by atoms with Crippen molar-refractivity contribution in [3.05, 3.63) is 178 Å². The van der Waals surface area contributed by atoms with E-state index in [2.05, 4.69) is 30.6 Å². The molecule has 6 heterocycles. The molecule has 2 amide bonds. The van der Waals surface area contributed by atoms with E-state index in [0.29, 0.717) is 51.4 Å². The van der Waals surface area contributed by atoms with Gasteiger partial charge >= 0.3 is 0 Å². The van der Waals surface area contributed by atoms with E-state index in [0.717, 1.165) is 11.1 Å². The number of ketones is 2. The molecule has 59 heavy (non-hydrogen) atoms. The van der Waals surface area contributed by atoms with Crippen LogP contribution >= 0.6 is 47.2 Å². The second kappa shape index (κ2) is 18.8. The Kier molecular flexibility index (Phi) is 13.4. The molecule has 0 saturated carbocycles. The molecule has 8 rings (SSSR count). The van der Waals surface area contributed by atoms with Gasteiger partial charge in [-0.15, -0.1) is 12.4 Å². The number of pyridine rings is 4. The number of hydrogen-bond acceptors (Lipinski definition) is 8. The summed E-state index contributed by atoms with van der Waals surface area (Å²) in [6, 6.07) is 23.6. The predicted octanol–water partition coefficient (Wildman–Crippen LogP) is 9.12. The summed E-state index contributed by atoms with van der Waals surface area (Å²) in [5.41, 5.74) is 4.10. The zero-order valence-electron chi connectivity index (χ0n) is 30.4. The summed E-state index contributed by atoms with van der Waals surface area (Å²) < 4.78 is 16.8. The molecule has 2 N–H and O–H groups in total. The van der Waals surface area contributed by atoms with E-state index in [4.69, 9.17) is 34.8 Å². The molecule has 0 aliphatic carbocycles. The molecule has 0 spiro atoms. The number of fused-ring (bicyclic) bond motifs is 2. The lowest BCUT2D eigenvalue weighted by Gasteiger charge is -2.07. The van der Waals surface area contributed by atoms with Crippen molar-refractivity contribution in [2.24, 2.45) is 0 Å². The minimum atomic E-state index is -0.894. The first kappa shape index (κ1) is 42.1. The molecule has 0 unspecified atom stereocenters. The molecular weight excluding hydrogens is 841 g/mol. The fourth-order valence-corrected chi connectivity index (χ4v) is 6.58. The number of nitrogens with zero attached hydrogens (tertiary/aromatic N) is 6. The highest BCUT2D eigenvalue weighted by Crippen LogP contribution is 2.29. The van der Waals surface area contributed by atoms with E-state index in [9.17, 15) is 23.6 Å². The Labute approximate surface area is 356 Å². The van der Waals surface area contributed by atoms with E-state index < -0.39 is 23.4 Å². The van der Waals surface area contributed by atoms with Gasteiger partial charge in [-0.25, -0.2) is 14.4 Å². The standard InChI is InChI=1S/C21H13Cl2FN4O2.C21H15ClN4O2.ClH/c22-16-8-25-9-17(23)18(16)27-21(30)19(29)15-11-28(20-14(15)2-1-7-26-20)10-12-3-5-13(24)6-4-12;22-15-5-3-14(4-6-15)12-26-13-18(17-2-1-9-24-20(17)26)19(27)21(28)25-16-7-10-23-11-8-16;/h1-9,11H,10H2,(H,25,27,30);1-11,13H,12H2,(H,23,25,28);1H. The van der Waals surface area contributed by atoms with Crippen molar-refractivity contribution in [2.75, 3.05) is 10.6 Å². The molecule has 6 aromatic heterocycles. The number of amides is 2. The van der Waals surface area contributed by atoms with Crippen molar-refractivity contribution >= 4 is 104 Å². The molecule has 8 aromatic rings. The molecular formula is C42H29Cl4FN8O4. The predicted molar refractivity (Wildman–Crippen MR) is 227 cm³/mol. The van der Waals surface area contributed by atoms with Crippen LogP contribution in [0.4, 0.5) is 15.8 Å². The van der Waals surface area contributed by atoms with Crippen LogP contribution in [-0.2, 0) is 22.7 Å². The Morgan fingerprint density at radius 3 is 1.58 bits per heavy atom. The Morgan fingerprint density at radius 2 is 1.07 bits per heavy atom. The van der Waals surface area contributed by atoms with Crippen LogP contribution in [0.3, 0.4) is 0 Å². The number of nitrogens with one attached hydrogen (secondary N) is 2. The summed E-state index contributed by atoms with van der Waals surface area (Å²) >= 11 is 18.0. The largest absolute Gasteiger partial charge is 0.327 e. The number of carbonyl (C=O) groups is 4. The first-order chi connectivity index (χ1) is 28.0. The third-order valence-electron chi connectivity index (χ3n) is 8.73. The monoisotopic (exact) mass is 868 g/mol. The van der Waals surface area contributed by atoms with Crippen LogP contribution in [-0.4, -0.2) is 52.5 Å². The van der Waals surface area contributed by atoms with Crippen molar-refractivity contribution in [1.29, 1.82) is 0 Å². The smallest absolute Gasteiger partial charge is 0.296 e. The minimum Gasteiger partial charge on any atom is -0.327 e. The lowest BCUT2D eigenvalue weighted by Crippen LogP contribution is -2.23. The summed E-state index contributed by atoms with van der Waals surface area (Å²) in [5, 5.41) is 7.08. The van der Waals surface area contributed by atoms with Crippen molar-refractivity contribution in [1.82, 2.24) is 29.1 Å². The summed E-state index contributed by atoms with van der Waals surface area (Å²) in [5.74, 6) is -3.33. The maximum Gasteiger partial charge on any atom is 0.296 e. The summed E-state index contributed by atoms with van der Waals surface area (Å²) in [6.07, 6.45) is 12.2. The van der Waals surface area contributed by atoms with Crippen molar-refractivity contribution in [2.45, 2.75) is 13.1 Å². The summed E-state index contributed by atoms with van der Waals surface area (Å²) in [7, 11) is 0. The SMILES string of the molecule is Cl.O=C(Nc1c(Cl)cncc1Cl)C(=O)c1cn(Cc2ccc(F)cc2)c2ncccc12.O=C(Nc1ccncc1)C(=O)c1cn(Cc2ccc(Cl)cc2)c2ncccc12. The highest BCUT2D eigenvalue weighted by atomic mass is 35.5. The fourth-order valence-electron chi connectivity index (χ4n) is 5.99. The van der Waals surface area contributed by atoms with Gasteiger partial charge in [0.05, 0.1) is 26.9 Å². The number of aromatic nitrogens is 6. The quantitative estimate of drug-likeness (QED) is 0.102. The number of benzene rings is 2. The van der Waals surface area contributed by atoms with Gasteiger partial charge in [0.2, 0.25) is 0 Å². The molecule has 17 heteroatoms. The first-order valence-electron chi connectivity index (χ1n) is 17.3. The Balaban J connectivity index is 0.000000195. The molecule has 0 aliphatic heterocycles. The molecule has 12 nitrogen and oxygen atoms in total. The molecule has 296 valence electrons. The van der Waals surface area contributed by atoms with E-state index in [-0.39, 0.29) is 39.5 Å². The molecule has 0 saturated heterocycles. The van der Waals surface area contributed by atoms with Crippen LogP contribution < -0.4 is 10.6 Å². The van der Waals surface area contributed by atoms with Crippen molar-refractivity contribution in [3.8, 4) is 0 Å². The van der Waals surface area contributed by atoms with Gasteiger partial charge in [-0.1, -0.05) is 59.1 Å². The van der Waals surface area contributed by atoms with Gasteiger partial charge in [-0.2, -0.15) is 0 Å². The zero-order valence-corrected chi connectivity index (χ0v) is 33.4. The third-order valence-corrected chi connectivity index (χ3v) is 9.56. The molecule has 0 fully saturated rings. The van der Waals surface area contributed by atoms with Crippen molar-refractivity contribution < 1.29 is 23.6 Å². The van der Waals surface area contributed by atoms with E-state index >= 15 is 0 Å². The molecule has 0 radical (unpaired) electrons. The topological polar surface area (TPSA) is 154 Å². The van der Waals surface area contributed by atoms with Crippen molar-refractivity contribution in [3.63, 3.8) is 0 Å². The highest BCUT2D eigenvalue weighted by molar-refractivity contribution is 6.50. The maximum absolute atomic E-state index is 13.2. The average molecular weight is 871 g/mol. The van der Waals surface area contributed by atoms with Gasteiger partial charge in [-0.3, -0.25) is 29.1 Å². The summed E-state index contributed by atoms with van der Waals surface area (Å²) in [6.45, 7) is 0.856. The molecule has 0 atom stereocenters. The van der Waals surface area contributed by atoms with Crippen LogP contribution in [0.1, 0.15) is 31.8 Å². The Morgan fingerprint density at radius 1 is 0.593 bits per heavy atom. The molecule has 2 aromatic carbocycles.